The van der Waals surface area contributed by atoms with Gasteiger partial charge in [0.25, 0.3) is 5.91 Å². The van der Waals surface area contributed by atoms with Gasteiger partial charge in [0.05, 0.1) is 7.11 Å². The molecule has 2 rings (SSSR count). The summed E-state index contributed by atoms with van der Waals surface area (Å²) in [6.07, 6.45) is 1.67. The molecule has 0 aliphatic rings. The number of nitrogens with zero attached hydrogens (tertiary/aromatic N) is 1. The molecule has 1 N–H and O–H groups in total. The number of pyridine rings is 1. The van der Waals surface area contributed by atoms with E-state index in [1.54, 1.807) is 25.4 Å². The lowest BCUT2D eigenvalue weighted by Gasteiger charge is -2.08. The van der Waals surface area contributed by atoms with Crippen LogP contribution in [0.1, 0.15) is 21.5 Å². The molecule has 2 aromatic rings. The van der Waals surface area contributed by atoms with E-state index in [0.29, 0.717) is 17.1 Å². The van der Waals surface area contributed by atoms with Gasteiger partial charge in [0.15, 0.2) is 0 Å². The van der Waals surface area contributed by atoms with E-state index in [9.17, 15) is 4.79 Å². The Balaban J connectivity index is 2.20. The normalized spacial score (nSPS) is 10.1. The Bertz CT molecular complexity index is 609. The molecule has 19 heavy (non-hydrogen) atoms. The van der Waals surface area contributed by atoms with E-state index in [4.69, 9.17) is 4.74 Å². The number of carbonyl (C=O) groups is 1. The van der Waals surface area contributed by atoms with Gasteiger partial charge in [-0.3, -0.25) is 4.79 Å². The van der Waals surface area contributed by atoms with Gasteiger partial charge in [0, 0.05) is 11.8 Å². The van der Waals surface area contributed by atoms with Gasteiger partial charge in [0.1, 0.15) is 11.6 Å². The molecule has 0 fully saturated rings. The van der Waals surface area contributed by atoms with Crippen molar-refractivity contribution in [1.82, 2.24) is 4.98 Å². The summed E-state index contributed by atoms with van der Waals surface area (Å²) < 4.78 is 5.21. The fourth-order valence-corrected chi connectivity index (χ4v) is 1.75. The number of benzene rings is 1. The Kier molecular flexibility index (Phi) is 3.80. The number of aromatic nitrogens is 1. The van der Waals surface area contributed by atoms with Crippen LogP contribution in [0, 0.1) is 13.8 Å². The highest BCUT2D eigenvalue weighted by atomic mass is 16.5. The molecule has 0 aliphatic carbocycles. The molecule has 0 radical (unpaired) electrons. The predicted octanol–water partition coefficient (Wildman–Crippen LogP) is 2.96. The van der Waals surface area contributed by atoms with Crippen molar-refractivity contribution in [1.29, 1.82) is 0 Å². The molecule has 0 bridgehead atoms. The predicted molar refractivity (Wildman–Crippen MR) is 74.7 cm³/mol. The molecule has 1 aromatic carbocycles. The Morgan fingerprint density at radius 3 is 2.68 bits per heavy atom. The summed E-state index contributed by atoms with van der Waals surface area (Å²) >= 11 is 0. The van der Waals surface area contributed by atoms with Crippen LogP contribution in [0.2, 0.25) is 0 Å². The number of anilines is 1. The van der Waals surface area contributed by atoms with Gasteiger partial charge in [-0.2, -0.15) is 0 Å². The fourth-order valence-electron chi connectivity index (χ4n) is 1.75. The monoisotopic (exact) mass is 256 g/mol. The van der Waals surface area contributed by atoms with Crippen LogP contribution in [0.25, 0.3) is 0 Å². The van der Waals surface area contributed by atoms with Crippen LogP contribution in [-0.4, -0.2) is 18.0 Å². The Morgan fingerprint density at radius 2 is 2.00 bits per heavy atom. The first-order valence-electron chi connectivity index (χ1n) is 5.99. The molecule has 1 heterocycles. The van der Waals surface area contributed by atoms with Crippen LogP contribution >= 0.6 is 0 Å². The van der Waals surface area contributed by atoms with Crippen molar-refractivity contribution in [2.45, 2.75) is 13.8 Å². The third kappa shape index (κ3) is 3.10. The van der Waals surface area contributed by atoms with E-state index in [2.05, 4.69) is 10.3 Å². The van der Waals surface area contributed by atoms with Crippen molar-refractivity contribution in [3.8, 4) is 5.75 Å². The number of rotatable bonds is 3. The fraction of sp³-hybridized carbons (Fsp3) is 0.200. The minimum absolute atomic E-state index is 0.198. The molecule has 0 aliphatic heterocycles. The van der Waals surface area contributed by atoms with E-state index in [0.717, 1.165) is 11.1 Å². The van der Waals surface area contributed by atoms with Crippen molar-refractivity contribution in [2.75, 3.05) is 12.4 Å². The van der Waals surface area contributed by atoms with E-state index < -0.39 is 0 Å². The van der Waals surface area contributed by atoms with Crippen molar-refractivity contribution < 1.29 is 9.53 Å². The minimum atomic E-state index is -0.198. The Morgan fingerprint density at radius 1 is 1.21 bits per heavy atom. The van der Waals surface area contributed by atoms with Gasteiger partial charge in [-0.15, -0.1) is 0 Å². The standard InChI is InChI=1S/C15H16N2O2/c1-10-6-7-16-14(8-10)17-15(18)12-5-4-11(2)13(9-12)19-3/h4-9H,1-3H3,(H,16,17,18). The molecule has 4 heteroatoms. The molecule has 98 valence electrons. The van der Waals surface area contributed by atoms with Gasteiger partial charge in [0.2, 0.25) is 0 Å². The van der Waals surface area contributed by atoms with Crippen molar-refractivity contribution in [3.63, 3.8) is 0 Å². The van der Waals surface area contributed by atoms with Crippen LogP contribution in [-0.2, 0) is 0 Å². The molecule has 0 unspecified atom stereocenters. The molecule has 1 aromatic heterocycles. The van der Waals surface area contributed by atoms with Gasteiger partial charge in [-0.05, 0) is 49.2 Å². The summed E-state index contributed by atoms with van der Waals surface area (Å²) in [7, 11) is 1.59. The number of methoxy groups -OCH3 is 1. The average molecular weight is 256 g/mol. The average Bonchev–Trinajstić information content (AvgIpc) is 2.39. The van der Waals surface area contributed by atoms with Gasteiger partial charge >= 0.3 is 0 Å². The summed E-state index contributed by atoms with van der Waals surface area (Å²) in [5.74, 6) is 1.05. The number of hydrogen-bond donors (Lipinski definition) is 1. The van der Waals surface area contributed by atoms with Crippen molar-refractivity contribution in [2.24, 2.45) is 0 Å². The molecule has 0 saturated heterocycles. The van der Waals surface area contributed by atoms with Crippen LogP contribution < -0.4 is 10.1 Å². The lowest BCUT2D eigenvalue weighted by atomic mass is 10.1. The zero-order valence-electron chi connectivity index (χ0n) is 11.2. The lowest BCUT2D eigenvalue weighted by molar-refractivity contribution is 0.102. The van der Waals surface area contributed by atoms with E-state index in [1.807, 2.05) is 32.0 Å². The number of hydrogen-bond acceptors (Lipinski definition) is 3. The van der Waals surface area contributed by atoms with E-state index >= 15 is 0 Å². The molecule has 0 spiro atoms. The van der Waals surface area contributed by atoms with Crippen molar-refractivity contribution in [3.05, 3.63) is 53.2 Å². The zero-order chi connectivity index (χ0) is 13.8. The second-order valence-corrected chi connectivity index (χ2v) is 4.36. The maximum Gasteiger partial charge on any atom is 0.256 e. The van der Waals surface area contributed by atoms with Crippen LogP contribution in [0.5, 0.6) is 5.75 Å². The number of amides is 1. The molecule has 0 saturated carbocycles. The maximum atomic E-state index is 12.1. The SMILES string of the molecule is COc1cc(C(=O)Nc2cc(C)ccn2)ccc1C. The topological polar surface area (TPSA) is 51.2 Å². The lowest BCUT2D eigenvalue weighted by Crippen LogP contribution is -2.13. The minimum Gasteiger partial charge on any atom is -0.496 e. The highest BCUT2D eigenvalue weighted by Crippen LogP contribution is 2.19. The number of ether oxygens (including phenoxy) is 1. The first kappa shape index (κ1) is 13.1. The third-order valence-electron chi connectivity index (χ3n) is 2.83. The summed E-state index contributed by atoms with van der Waals surface area (Å²) in [4.78, 5) is 16.2. The second-order valence-electron chi connectivity index (χ2n) is 4.36. The summed E-state index contributed by atoms with van der Waals surface area (Å²) in [5.41, 5.74) is 2.59. The first-order chi connectivity index (χ1) is 9.10. The zero-order valence-corrected chi connectivity index (χ0v) is 11.2. The molecular formula is C15H16N2O2. The highest BCUT2D eigenvalue weighted by molar-refractivity contribution is 6.04. The van der Waals surface area contributed by atoms with Gasteiger partial charge in [-0.1, -0.05) is 6.07 Å². The Labute approximate surface area is 112 Å². The summed E-state index contributed by atoms with van der Waals surface area (Å²) in [6.45, 7) is 3.88. The number of carbonyl (C=O) groups excluding carboxylic acids is 1. The van der Waals surface area contributed by atoms with Gasteiger partial charge < -0.3 is 10.1 Å². The van der Waals surface area contributed by atoms with E-state index in [1.165, 1.54) is 0 Å². The largest absolute Gasteiger partial charge is 0.496 e. The van der Waals surface area contributed by atoms with Gasteiger partial charge in [-0.25, -0.2) is 4.98 Å². The molecule has 1 amide bonds. The highest BCUT2D eigenvalue weighted by Gasteiger charge is 2.09. The van der Waals surface area contributed by atoms with Crippen molar-refractivity contribution >= 4 is 11.7 Å². The summed E-state index contributed by atoms with van der Waals surface area (Å²) in [5, 5.41) is 2.76. The maximum absolute atomic E-state index is 12.1. The number of aryl methyl sites for hydroxylation is 2. The quantitative estimate of drug-likeness (QED) is 0.918. The Hall–Kier alpha value is -2.36. The first-order valence-corrected chi connectivity index (χ1v) is 5.99. The van der Waals surface area contributed by atoms with Crippen LogP contribution in [0.4, 0.5) is 5.82 Å². The smallest absolute Gasteiger partial charge is 0.256 e. The second kappa shape index (κ2) is 5.52. The molecule has 4 nitrogen and oxygen atoms in total. The molecule has 0 atom stereocenters. The number of nitrogens with one attached hydrogen (secondary N) is 1. The molecular weight excluding hydrogens is 240 g/mol. The third-order valence-corrected chi connectivity index (χ3v) is 2.83. The van der Waals surface area contributed by atoms with Crippen LogP contribution in [0.15, 0.2) is 36.5 Å². The van der Waals surface area contributed by atoms with E-state index in [-0.39, 0.29) is 5.91 Å². The van der Waals surface area contributed by atoms with Crippen LogP contribution in [0.3, 0.4) is 0 Å². The summed E-state index contributed by atoms with van der Waals surface area (Å²) in [6, 6.07) is 9.05.